The molecule has 0 aliphatic carbocycles. The lowest BCUT2D eigenvalue weighted by Gasteiger charge is -2.27. The highest BCUT2D eigenvalue weighted by molar-refractivity contribution is 5.59. The predicted octanol–water partition coefficient (Wildman–Crippen LogP) is 3.79. The summed E-state index contributed by atoms with van der Waals surface area (Å²) in [6.45, 7) is 2.86. The fourth-order valence-electron chi connectivity index (χ4n) is 2.28. The summed E-state index contributed by atoms with van der Waals surface area (Å²) in [4.78, 5) is 0. The van der Waals surface area contributed by atoms with Crippen molar-refractivity contribution in [2.24, 2.45) is 0 Å². The fourth-order valence-corrected chi connectivity index (χ4v) is 2.28. The largest absolute Gasteiger partial charge is 0.489 e. The van der Waals surface area contributed by atoms with E-state index in [1.807, 2.05) is 18.2 Å². The van der Waals surface area contributed by atoms with Crippen molar-refractivity contribution in [3.05, 3.63) is 59.7 Å². The summed E-state index contributed by atoms with van der Waals surface area (Å²) < 4.78 is 5.78. The Morgan fingerprint density at radius 1 is 1.11 bits per heavy atom. The van der Waals surface area contributed by atoms with E-state index >= 15 is 0 Å². The zero-order chi connectivity index (χ0) is 12.4. The Kier molecular flexibility index (Phi) is 2.93. The van der Waals surface area contributed by atoms with Gasteiger partial charge in [-0.25, -0.2) is 0 Å². The summed E-state index contributed by atoms with van der Waals surface area (Å²) >= 11 is 0. The summed E-state index contributed by atoms with van der Waals surface area (Å²) in [5, 5.41) is 3.53. The Hall–Kier alpha value is -1.96. The quantitative estimate of drug-likeness (QED) is 0.860. The lowest BCUT2D eigenvalue weighted by molar-refractivity contribution is 0.286. The molecule has 1 aliphatic rings. The van der Waals surface area contributed by atoms with Crippen molar-refractivity contribution in [2.75, 3.05) is 11.9 Å². The molecule has 0 aromatic heterocycles. The average Bonchev–Trinajstić information content (AvgIpc) is 2.47. The lowest BCUT2D eigenvalue weighted by atomic mass is 10.0. The summed E-state index contributed by atoms with van der Waals surface area (Å²) in [6.07, 6.45) is 1.08. The van der Waals surface area contributed by atoms with Crippen LogP contribution in [-0.4, -0.2) is 6.61 Å². The highest BCUT2D eigenvalue weighted by Crippen LogP contribution is 2.33. The molecule has 0 amide bonds. The van der Waals surface area contributed by atoms with E-state index < -0.39 is 0 Å². The number of benzene rings is 2. The molecule has 18 heavy (non-hydrogen) atoms. The van der Waals surface area contributed by atoms with Crippen LogP contribution in [0.2, 0.25) is 0 Å². The summed E-state index contributed by atoms with van der Waals surface area (Å²) in [6, 6.07) is 17.1. The minimum absolute atomic E-state index is 0.241. The summed E-state index contributed by atoms with van der Waals surface area (Å²) in [5.74, 6) is 0.943. The van der Waals surface area contributed by atoms with Crippen molar-refractivity contribution in [1.29, 1.82) is 0 Å². The minimum atomic E-state index is 0.241. The first-order valence-corrected chi connectivity index (χ1v) is 6.44. The second-order valence-corrected chi connectivity index (χ2v) is 4.60. The molecule has 0 saturated carbocycles. The van der Waals surface area contributed by atoms with Crippen LogP contribution in [0.25, 0.3) is 0 Å². The number of aryl methyl sites for hydroxylation is 1. The zero-order valence-electron chi connectivity index (χ0n) is 10.5. The third-order valence-corrected chi connectivity index (χ3v) is 3.41. The van der Waals surface area contributed by atoms with Crippen molar-refractivity contribution in [3.8, 4) is 5.75 Å². The monoisotopic (exact) mass is 239 g/mol. The van der Waals surface area contributed by atoms with Gasteiger partial charge in [0, 0.05) is 0 Å². The Labute approximate surface area is 108 Å². The van der Waals surface area contributed by atoms with Gasteiger partial charge in [-0.15, -0.1) is 0 Å². The van der Waals surface area contributed by atoms with E-state index in [1.165, 1.54) is 11.1 Å². The lowest BCUT2D eigenvalue weighted by Crippen LogP contribution is -2.23. The highest BCUT2D eigenvalue weighted by atomic mass is 16.5. The molecule has 2 aromatic carbocycles. The zero-order valence-corrected chi connectivity index (χ0v) is 10.5. The molecule has 0 bridgehead atoms. The summed E-state index contributed by atoms with van der Waals surface area (Å²) in [5.41, 5.74) is 3.73. The molecular formula is C16H17NO. The van der Waals surface area contributed by atoms with Crippen LogP contribution in [0.3, 0.4) is 0 Å². The van der Waals surface area contributed by atoms with Gasteiger partial charge in [0.1, 0.15) is 12.4 Å². The molecule has 1 N–H and O–H groups in total. The van der Waals surface area contributed by atoms with Crippen LogP contribution < -0.4 is 10.1 Å². The molecule has 2 nitrogen and oxygen atoms in total. The number of nitrogens with one attached hydrogen (secondary N) is 1. The minimum Gasteiger partial charge on any atom is -0.489 e. The number of ether oxygens (including phenoxy) is 1. The Balaban J connectivity index is 1.82. The highest BCUT2D eigenvalue weighted by Gasteiger charge is 2.19. The fraction of sp³-hybridized carbons (Fsp3) is 0.250. The first-order chi connectivity index (χ1) is 8.86. The molecule has 2 heteroatoms. The second kappa shape index (κ2) is 4.73. The molecule has 0 spiro atoms. The molecule has 0 saturated heterocycles. The first kappa shape index (κ1) is 11.1. The van der Waals surface area contributed by atoms with Crippen molar-refractivity contribution in [2.45, 2.75) is 19.4 Å². The molecule has 0 radical (unpaired) electrons. The number of hydrogen-bond donors (Lipinski definition) is 1. The number of fused-ring (bicyclic) bond motifs is 1. The van der Waals surface area contributed by atoms with E-state index in [2.05, 4.69) is 42.6 Å². The third kappa shape index (κ3) is 2.06. The Morgan fingerprint density at radius 2 is 1.89 bits per heavy atom. The van der Waals surface area contributed by atoms with Crippen LogP contribution in [0.1, 0.15) is 24.1 Å². The molecule has 3 rings (SSSR count). The molecular weight excluding hydrogens is 222 g/mol. The third-order valence-electron chi connectivity index (χ3n) is 3.41. The van der Waals surface area contributed by atoms with E-state index in [0.29, 0.717) is 6.61 Å². The number of rotatable bonds is 2. The van der Waals surface area contributed by atoms with Crippen molar-refractivity contribution in [1.82, 2.24) is 0 Å². The van der Waals surface area contributed by atoms with E-state index in [9.17, 15) is 0 Å². The van der Waals surface area contributed by atoms with Gasteiger partial charge in [0.25, 0.3) is 0 Å². The Morgan fingerprint density at radius 3 is 2.67 bits per heavy atom. The molecule has 1 unspecified atom stereocenters. The van der Waals surface area contributed by atoms with Crippen LogP contribution in [0.15, 0.2) is 48.5 Å². The molecule has 1 atom stereocenters. The van der Waals surface area contributed by atoms with Crippen LogP contribution in [0, 0.1) is 0 Å². The van der Waals surface area contributed by atoms with Crippen LogP contribution in [0.5, 0.6) is 5.75 Å². The number of para-hydroxylation sites is 2. The van der Waals surface area contributed by atoms with Crippen LogP contribution in [0.4, 0.5) is 5.69 Å². The SMILES string of the molecule is CCc1ccc(C2COc3ccccc3N2)cc1. The molecule has 92 valence electrons. The van der Waals surface area contributed by atoms with Gasteiger partial charge >= 0.3 is 0 Å². The predicted molar refractivity (Wildman–Crippen MR) is 74.1 cm³/mol. The maximum absolute atomic E-state index is 5.78. The first-order valence-electron chi connectivity index (χ1n) is 6.44. The van der Waals surface area contributed by atoms with Gasteiger partial charge in [0.15, 0.2) is 0 Å². The van der Waals surface area contributed by atoms with Crippen molar-refractivity contribution < 1.29 is 4.74 Å². The van der Waals surface area contributed by atoms with Gasteiger partial charge in [-0.2, -0.15) is 0 Å². The van der Waals surface area contributed by atoms with E-state index in [0.717, 1.165) is 17.9 Å². The smallest absolute Gasteiger partial charge is 0.142 e. The van der Waals surface area contributed by atoms with Gasteiger partial charge < -0.3 is 10.1 Å². The average molecular weight is 239 g/mol. The van der Waals surface area contributed by atoms with Crippen LogP contribution >= 0.6 is 0 Å². The number of hydrogen-bond acceptors (Lipinski definition) is 2. The van der Waals surface area contributed by atoms with Gasteiger partial charge in [-0.1, -0.05) is 43.3 Å². The molecule has 0 fully saturated rings. The normalized spacial score (nSPS) is 17.5. The van der Waals surface area contributed by atoms with E-state index in [4.69, 9.17) is 4.74 Å². The van der Waals surface area contributed by atoms with Gasteiger partial charge in [0.05, 0.1) is 11.7 Å². The molecule has 1 heterocycles. The number of anilines is 1. The van der Waals surface area contributed by atoms with Crippen molar-refractivity contribution in [3.63, 3.8) is 0 Å². The van der Waals surface area contributed by atoms with E-state index in [1.54, 1.807) is 0 Å². The maximum Gasteiger partial charge on any atom is 0.142 e. The Bertz CT molecular complexity index is 533. The summed E-state index contributed by atoms with van der Waals surface area (Å²) in [7, 11) is 0. The van der Waals surface area contributed by atoms with E-state index in [-0.39, 0.29) is 6.04 Å². The van der Waals surface area contributed by atoms with Crippen LogP contribution in [-0.2, 0) is 6.42 Å². The standard InChI is InChI=1S/C16H17NO/c1-2-12-7-9-13(10-8-12)15-11-18-16-6-4-3-5-14(16)17-15/h3-10,15,17H,2,11H2,1H3. The molecule has 2 aromatic rings. The second-order valence-electron chi connectivity index (χ2n) is 4.60. The van der Waals surface area contributed by atoms with Gasteiger partial charge in [-0.05, 0) is 29.7 Å². The maximum atomic E-state index is 5.78. The van der Waals surface area contributed by atoms with Crippen molar-refractivity contribution >= 4 is 5.69 Å². The van der Waals surface area contributed by atoms with Gasteiger partial charge in [-0.3, -0.25) is 0 Å². The topological polar surface area (TPSA) is 21.3 Å². The van der Waals surface area contributed by atoms with Gasteiger partial charge in [0.2, 0.25) is 0 Å². The molecule has 1 aliphatic heterocycles.